The maximum Gasteiger partial charge on any atom is 0.303 e. The summed E-state index contributed by atoms with van der Waals surface area (Å²) in [6.45, 7) is 1.96. The lowest BCUT2D eigenvalue weighted by molar-refractivity contribution is -0.140. The molecule has 23 heavy (non-hydrogen) atoms. The van der Waals surface area contributed by atoms with Crippen LogP contribution in [0.3, 0.4) is 0 Å². The van der Waals surface area contributed by atoms with Crippen LogP contribution >= 0.6 is 0 Å². The third-order valence-corrected chi connectivity index (χ3v) is 4.03. The summed E-state index contributed by atoms with van der Waals surface area (Å²) < 4.78 is 0. The van der Waals surface area contributed by atoms with E-state index in [0.29, 0.717) is 0 Å². The van der Waals surface area contributed by atoms with Gasteiger partial charge in [-0.2, -0.15) is 0 Å². The summed E-state index contributed by atoms with van der Waals surface area (Å²) in [6.07, 6.45) is -0.361. The number of benzene rings is 2. The van der Waals surface area contributed by atoms with Gasteiger partial charge in [0.2, 0.25) is 0 Å². The van der Waals surface area contributed by atoms with E-state index in [1.165, 1.54) is 0 Å². The van der Waals surface area contributed by atoms with Crippen molar-refractivity contribution in [2.75, 3.05) is 0 Å². The Morgan fingerprint density at radius 1 is 0.870 bits per heavy atom. The van der Waals surface area contributed by atoms with Crippen LogP contribution in [-0.2, 0) is 9.59 Å². The van der Waals surface area contributed by atoms with Crippen LogP contribution in [0.1, 0.15) is 35.4 Å². The van der Waals surface area contributed by atoms with Crippen molar-refractivity contribution < 1.29 is 19.8 Å². The number of aliphatic carboxylic acids is 2. The highest BCUT2D eigenvalue weighted by Gasteiger charge is 2.29. The lowest BCUT2D eigenvalue weighted by atomic mass is 9.76. The first-order valence-corrected chi connectivity index (χ1v) is 7.53. The maximum absolute atomic E-state index is 11.3. The number of carboxylic acids is 2. The number of hydrogen-bond acceptors (Lipinski definition) is 2. The molecule has 0 aliphatic carbocycles. The van der Waals surface area contributed by atoms with Crippen molar-refractivity contribution in [3.8, 4) is 0 Å². The van der Waals surface area contributed by atoms with Crippen molar-refractivity contribution in [1.82, 2.24) is 0 Å². The molecule has 0 aliphatic rings. The number of carboxylic acid groups (broad SMARTS) is 2. The highest BCUT2D eigenvalue weighted by atomic mass is 16.4. The number of aryl methyl sites for hydroxylation is 1. The smallest absolute Gasteiger partial charge is 0.303 e. The van der Waals surface area contributed by atoms with Gasteiger partial charge in [-0.25, -0.2) is 0 Å². The lowest BCUT2D eigenvalue weighted by Crippen LogP contribution is -2.22. The Balaban J connectivity index is 2.53. The summed E-state index contributed by atoms with van der Waals surface area (Å²) >= 11 is 0. The fraction of sp³-hybridized carbons (Fsp3) is 0.263. The third-order valence-electron chi connectivity index (χ3n) is 4.03. The van der Waals surface area contributed by atoms with E-state index in [0.717, 1.165) is 16.7 Å². The molecule has 120 valence electrons. The molecule has 4 nitrogen and oxygen atoms in total. The van der Waals surface area contributed by atoms with Crippen molar-refractivity contribution in [3.05, 3.63) is 71.3 Å². The predicted molar refractivity (Wildman–Crippen MR) is 87.5 cm³/mol. The largest absolute Gasteiger partial charge is 0.481 e. The normalized spacial score (nSPS) is 12.1. The quantitative estimate of drug-likeness (QED) is 0.817. The summed E-state index contributed by atoms with van der Waals surface area (Å²) in [5, 5.41) is 18.4. The van der Waals surface area contributed by atoms with Crippen molar-refractivity contribution >= 4 is 11.9 Å². The van der Waals surface area contributed by atoms with Crippen molar-refractivity contribution in [3.63, 3.8) is 0 Å². The fourth-order valence-electron chi connectivity index (χ4n) is 3.06. The Bertz CT molecular complexity index is 663. The van der Waals surface area contributed by atoms with Crippen LogP contribution in [0.2, 0.25) is 0 Å². The minimum absolute atomic E-state index is 0.180. The van der Waals surface area contributed by atoms with Gasteiger partial charge in [-0.05, 0) is 29.5 Å². The van der Waals surface area contributed by atoms with Crippen molar-refractivity contribution in [2.45, 2.75) is 25.7 Å². The molecule has 0 saturated carbocycles. The summed E-state index contributed by atoms with van der Waals surface area (Å²) in [5.74, 6) is -2.73. The zero-order chi connectivity index (χ0) is 16.8. The molecule has 0 radical (unpaired) electrons. The first-order chi connectivity index (χ1) is 11.0. The Morgan fingerprint density at radius 3 is 1.91 bits per heavy atom. The summed E-state index contributed by atoms with van der Waals surface area (Å²) in [4.78, 5) is 22.5. The van der Waals surface area contributed by atoms with Crippen LogP contribution < -0.4 is 0 Å². The van der Waals surface area contributed by atoms with Crippen LogP contribution in [-0.4, -0.2) is 22.2 Å². The van der Waals surface area contributed by atoms with E-state index in [1.807, 2.05) is 61.5 Å². The molecule has 0 unspecified atom stereocenters. The van der Waals surface area contributed by atoms with E-state index in [4.69, 9.17) is 0 Å². The average molecular weight is 312 g/mol. The van der Waals surface area contributed by atoms with Crippen LogP contribution in [0.15, 0.2) is 54.6 Å². The highest BCUT2D eigenvalue weighted by Crippen LogP contribution is 2.37. The van der Waals surface area contributed by atoms with Gasteiger partial charge in [-0.3, -0.25) is 9.59 Å². The molecule has 4 heteroatoms. The highest BCUT2D eigenvalue weighted by molar-refractivity contribution is 5.71. The lowest BCUT2D eigenvalue weighted by Gasteiger charge is -2.27. The van der Waals surface area contributed by atoms with Gasteiger partial charge in [0.15, 0.2) is 0 Å². The van der Waals surface area contributed by atoms with Gasteiger partial charge in [0, 0.05) is 18.8 Å². The van der Waals surface area contributed by atoms with Crippen LogP contribution in [0.4, 0.5) is 0 Å². The molecule has 1 atom stereocenters. The van der Waals surface area contributed by atoms with E-state index >= 15 is 0 Å². The molecule has 0 saturated heterocycles. The van der Waals surface area contributed by atoms with E-state index in [1.54, 1.807) is 0 Å². The third kappa shape index (κ3) is 4.42. The minimum Gasteiger partial charge on any atom is -0.481 e. The van der Waals surface area contributed by atoms with Gasteiger partial charge in [0.1, 0.15) is 0 Å². The van der Waals surface area contributed by atoms with Crippen LogP contribution in [0.25, 0.3) is 0 Å². The summed E-state index contributed by atoms with van der Waals surface area (Å²) in [7, 11) is 0. The number of carbonyl (C=O) groups is 2. The van der Waals surface area contributed by atoms with Gasteiger partial charge in [0.05, 0.1) is 0 Å². The Kier molecular flexibility index (Phi) is 5.52. The molecule has 2 aromatic rings. The zero-order valence-electron chi connectivity index (χ0n) is 13.0. The molecular formula is C19H20O4. The van der Waals surface area contributed by atoms with Gasteiger partial charge in [-0.15, -0.1) is 0 Å². The molecule has 2 rings (SSSR count). The Hall–Kier alpha value is -2.62. The van der Waals surface area contributed by atoms with Crippen LogP contribution in [0.5, 0.6) is 0 Å². The fourth-order valence-corrected chi connectivity index (χ4v) is 3.06. The molecule has 0 fully saturated rings. The summed E-state index contributed by atoms with van der Waals surface area (Å²) in [6, 6.07) is 17.2. The zero-order valence-corrected chi connectivity index (χ0v) is 13.0. The molecule has 0 bridgehead atoms. The van der Waals surface area contributed by atoms with E-state index in [-0.39, 0.29) is 18.8 Å². The molecule has 0 aromatic heterocycles. The molecule has 0 amide bonds. The molecule has 0 aliphatic heterocycles. The minimum atomic E-state index is -0.981. The number of rotatable bonds is 7. The van der Waals surface area contributed by atoms with Crippen LogP contribution in [0, 0.1) is 12.8 Å². The maximum atomic E-state index is 11.3. The van der Waals surface area contributed by atoms with Crippen molar-refractivity contribution in [1.29, 1.82) is 0 Å². The first kappa shape index (κ1) is 16.7. The molecule has 2 aromatic carbocycles. The Labute approximate surface area is 135 Å². The second-order valence-corrected chi connectivity index (χ2v) is 5.70. The SMILES string of the molecule is Cc1ccccc1[C@@H](c1ccccc1)C(CC(=O)O)CC(=O)O. The molecular weight excluding hydrogens is 292 g/mol. The van der Waals surface area contributed by atoms with Gasteiger partial charge >= 0.3 is 11.9 Å². The Morgan fingerprint density at radius 2 is 1.39 bits per heavy atom. The first-order valence-electron chi connectivity index (χ1n) is 7.53. The second kappa shape index (κ2) is 7.58. The molecule has 0 heterocycles. The van der Waals surface area contributed by atoms with Gasteiger partial charge < -0.3 is 10.2 Å². The monoisotopic (exact) mass is 312 g/mol. The van der Waals surface area contributed by atoms with Gasteiger partial charge in [0.25, 0.3) is 0 Å². The number of hydrogen-bond donors (Lipinski definition) is 2. The van der Waals surface area contributed by atoms with E-state index in [2.05, 4.69) is 0 Å². The second-order valence-electron chi connectivity index (χ2n) is 5.70. The molecule has 2 N–H and O–H groups in total. The average Bonchev–Trinajstić information content (AvgIpc) is 2.49. The predicted octanol–water partition coefficient (Wildman–Crippen LogP) is 3.69. The van der Waals surface area contributed by atoms with Gasteiger partial charge in [-0.1, -0.05) is 54.6 Å². The van der Waals surface area contributed by atoms with E-state index in [9.17, 15) is 19.8 Å². The standard InChI is InChI=1S/C19H20O4/c1-13-7-5-6-10-16(13)19(14-8-3-2-4-9-14)15(11-17(20)21)12-18(22)23/h2-10,15,19H,11-12H2,1H3,(H,20,21)(H,22,23)/t19-/m0/s1. The van der Waals surface area contributed by atoms with Crippen molar-refractivity contribution in [2.24, 2.45) is 5.92 Å². The topological polar surface area (TPSA) is 74.6 Å². The summed E-state index contributed by atoms with van der Waals surface area (Å²) in [5.41, 5.74) is 2.95. The molecule has 0 spiro atoms. The van der Waals surface area contributed by atoms with E-state index < -0.39 is 17.9 Å².